The molecule has 0 N–H and O–H groups in total. The second-order valence-electron chi connectivity index (χ2n) is 15.6. The summed E-state index contributed by atoms with van der Waals surface area (Å²) in [5.74, 6) is 1.12. The number of fused-ring (bicyclic) bond motifs is 3. The number of methoxy groups -OCH3 is 1. The summed E-state index contributed by atoms with van der Waals surface area (Å²) in [5.41, 5.74) is 9.60. The Labute approximate surface area is 265 Å². The number of quaternary nitrogens is 1. The van der Waals surface area contributed by atoms with Gasteiger partial charge in [-0.15, -0.1) is 0 Å². The summed E-state index contributed by atoms with van der Waals surface area (Å²) in [6.45, 7) is 6.76. The second-order valence-corrected chi connectivity index (χ2v) is 15.6. The molecular formula is C42H34NO3+. The van der Waals surface area contributed by atoms with Gasteiger partial charge in [-0.3, -0.25) is 0 Å². The Bertz CT molecular complexity index is 2600. The van der Waals surface area contributed by atoms with Crippen molar-refractivity contribution in [2.24, 2.45) is 0 Å². The molecule has 3 aliphatic carbocycles. The van der Waals surface area contributed by atoms with Crippen molar-refractivity contribution in [3.8, 4) is 0 Å². The number of likely N-dealkylation sites (tertiary alicyclic amines) is 1. The first-order chi connectivity index (χ1) is 22.6. The molecule has 0 radical (unpaired) electrons. The number of hydrogen-bond donors (Lipinski definition) is 0. The molecule has 4 heteroatoms. The summed E-state index contributed by atoms with van der Waals surface area (Å²) in [6.07, 6.45) is 2.15. The van der Waals surface area contributed by atoms with Crippen LogP contribution >= 0.6 is 0 Å². The average Bonchev–Trinajstić information content (AvgIpc) is 3.85. The Balaban J connectivity index is 1.05. The highest BCUT2D eigenvalue weighted by Crippen LogP contribution is 2.65. The molecule has 0 aromatic heterocycles. The molecule has 0 saturated carbocycles. The standard InChI is InChI=1S/C42H34NO3/c1-43(5-6-45-9-10-46-8-7-44-2)17-27-25-15-23-13-21-11-19-3-4-20-12-22-14-24-16-26(28(27)18-43)36-35(25)39-33(23)31(21)37-29(19)30(20)38-32(22)34(24)40(36)42(39)41(37)38/h3-4,11-12,15-16,27-28H,5-10,13-14,17-18H2,1-2H3/q+1. The van der Waals surface area contributed by atoms with Crippen molar-refractivity contribution in [3.63, 3.8) is 0 Å². The van der Waals surface area contributed by atoms with E-state index in [0.29, 0.717) is 38.3 Å². The van der Waals surface area contributed by atoms with Gasteiger partial charge in [-0.2, -0.15) is 0 Å². The Kier molecular flexibility index (Phi) is 4.06. The van der Waals surface area contributed by atoms with Crippen LogP contribution in [0.2, 0.25) is 0 Å². The van der Waals surface area contributed by atoms with Crippen LogP contribution in [0.4, 0.5) is 0 Å². The zero-order valence-electron chi connectivity index (χ0n) is 26.4. The molecule has 4 aliphatic rings. The first kappa shape index (κ1) is 24.4. The van der Waals surface area contributed by atoms with Crippen LogP contribution in [-0.4, -0.2) is 71.3 Å². The summed E-state index contributed by atoms with van der Waals surface area (Å²) < 4.78 is 17.9. The van der Waals surface area contributed by atoms with E-state index >= 15 is 0 Å². The van der Waals surface area contributed by atoms with Crippen molar-refractivity contribution in [3.05, 3.63) is 69.8 Å². The Hall–Kier alpha value is -3.80. The third-order valence-electron chi connectivity index (χ3n) is 13.4. The summed E-state index contributed by atoms with van der Waals surface area (Å²) in [4.78, 5) is 0. The first-order valence-corrected chi connectivity index (χ1v) is 17.4. The highest BCUT2D eigenvalue weighted by atomic mass is 16.5. The maximum Gasteiger partial charge on any atom is 0.102 e. The van der Waals surface area contributed by atoms with E-state index in [-0.39, 0.29) is 0 Å². The zero-order chi connectivity index (χ0) is 29.8. The number of ether oxygens (including phenoxy) is 3. The third kappa shape index (κ3) is 2.47. The van der Waals surface area contributed by atoms with E-state index in [4.69, 9.17) is 14.2 Å². The number of benzene rings is 7. The molecule has 9 aromatic rings. The molecule has 224 valence electrons. The van der Waals surface area contributed by atoms with Crippen LogP contribution < -0.4 is 0 Å². The summed E-state index contributed by atoms with van der Waals surface area (Å²) in [5, 5.41) is 25.2. The normalized spacial score (nSPS) is 23.1. The van der Waals surface area contributed by atoms with Crippen molar-refractivity contribution in [1.82, 2.24) is 0 Å². The Morgan fingerprint density at radius 2 is 0.957 bits per heavy atom. The summed E-state index contributed by atoms with van der Waals surface area (Å²) in [7, 11) is 4.20. The van der Waals surface area contributed by atoms with E-state index in [1.54, 1.807) is 116 Å². The van der Waals surface area contributed by atoms with Crippen LogP contribution in [0.15, 0.2) is 36.4 Å². The van der Waals surface area contributed by atoms with Crippen LogP contribution in [0.1, 0.15) is 45.2 Å². The lowest BCUT2D eigenvalue weighted by Crippen LogP contribution is -2.44. The van der Waals surface area contributed by atoms with Crippen LogP contribution in [0.3, 0.4) is 0 Å². The van der Waals surface area contributed by atoms with Crippen molar-refractivity contribution in [1.29, 1.82) is 0 Å². The van der Waals surface area contributed by atoms with Gasteiger partial charge in [0.15, 0.2) is 0 Å². The fourth-order valence-corrected chi connectivity index (χ4v) is 11.9. The number of likely N-dealkylation sites (N-methyl/N-ethyl adjacent to an activating group) is 1. The molecule has 2 unspecified atom stereocenters. The van der Waals surface area contributed by atoms with E-state index in [0.717, 1.165) is 30.5 Å². The molecule has 1 aliphatic heterocycles. The van der Waals surface area contributed by atoms with E-state index in [1.807, 2.05) is 0 Å². The number of nitrogens with zero attached hydrogens (tertiary/aromatic N) is 1. The zero-order valence-corrected chi connectivity index (χ0v) is 26.4. The maximum atomic E-state index is 6.11. The molecule has 46 heavy (non-hydrogen) atoms. The molecule has 2 atom stereocenters. The van der Waals surface area contributed by atoms with E-state index < -0.39 is 0 Å². The van der Waals surface area contributed by atoms with Gasteiger partial charge in [-0.1, -0.05) is 36.4 Å². The molecule has 1 fully saturated rings. The minimum absolute atomic E-state index is 0.558. The van der Waals surface area contributed by atoms with E-state index in [2.05, 4.69) is 43.4 Å². The fourth-order valence-electron chi connectivity index (χ4n) is 11.9. The summed E-state index contributed by atoms with van der Waals surface area (Å²) >= 11 is 0. The first-order valence-electron chi connectivity index (χ1n) is 17.4. The second kappa shape index (κ2) is 7.67. The maximum absolute atomic E-state index is 6.11. The SMILES string of the molecule is COCCOCCOCC[N+]1(C)CC2c3cc4c5c6c(cc7ccc8cc9c%10c%11c(cc(c%12c3c5c(c%12%11)c3c6c7c8c%103)C2C1)C9)C4. The molecule has 9 aromatic carbocycles. The third-order valence-corrected chi connectivity index (χ3v) is 13.4. The van der Waals surface area contributed by atoms with Gasteiger partial charge in [0.2, 0.25) is 0 Å². The largest absolute Gasteiger partial charge is 0.382 e. The van der Waals surface area contributed by atoms with Crippen LogP contribution in [0.25, 0.3) is 86.2 Å². The predicted octanol–water partition coefficient (Wildman–Crippen LogP) is 8.23. The molecule has 1 heterocycles. The molecule has 0 amide bonds. The molecule has 13 rings (SSSR count). The smallest absolute Gasteiger partial charge is 0.102 e. The Morgan fingerprint density at radius 3 is 1.48 bits per heavy atom. The van der Waals surface area contributed by atoms with E-state index in [1.165, 1.54) is 23.9 Å². The monoisotopic (exact) mass is 600 g/mol. The molecular weight excluding hydrogens is 566 g/mol. The molecule has 0 spiro atoms. The van der Waals surface area contributed by atoms with Crippen LogP contribution in [0.5, 0.6) is 0 Å². The van der Waals surface area contributed by atoms with Gasteiger partial charge in [0.25, 0.3) is 0 Å². The Morgan fingerprint density at radius 1 is 0.522 bits per heavy atom. The number of hydrogen-bond acceptors (Lipinski definition) is 3. The van der Waals surface area contributed by atoms with E-state index in [9.17, 15) is 0 Å². The number of rotatable bonds is 9. The highest BCUT2D eigenvalue weighted by Gasteiger charge is 2.49. The van der Waals surface area contributed by atoms with Gasteiger partial charge in [0.05, 0.1) is 53.2 Å². The minimum atomic E-state index is 0.558. The van der Waals surface area contributed by atoms with Crippen molar-refractivity contribution < 1.29 is 18.7 Å². The van der Waals surface area contributed by atoms with Gasteiger partial charge in [0.1, 0.15) is 6.54 Å². The quantitative estimate of drug-likeness (QED) is 0.0949. The molecule has 1 saturated heterocycles. The van der Waals surface area contributed by atoms with Crippen molar-refractivity contribution in [2.45, 2.75) is 24.7 Å². The van der Waals surface area contributed by atoms with Crippen LogP contribution in [-0.2, 0) is 27.1 Å². The lowest BCUT2D eigenvalue weighted by Gasteiger charge is -2.30. The molecule has 0 bridgehead atoms. The summed E-state index contributed by atoms with van der Waals surface area (Å²) in [6, 6.07) is 15.3. The molecule has 4 nitrogen and oxygen atoms in total. The van der Waals surface area contributed by atoms with Gasteiger partial charge in [0, 0.05) is 18.9 Å². The van der Waals surface area contributed by atoms with Crippen molar-refractivity contribution >= 4 is 86.2 Å². The lowest BCUT2D eigenvalue weighted by molar-refractivity contribution is -0.899. The lowest BCUT2D eigenvalue weighted by atomic mass is 9.75. The van der Waals surface area contributed by atoms with Gasteiger partial charge in [-0.05, 0) is 132 Å². The topological polar surface area (TPSA) is 27.7 Å². The average molecular weight is 601 g/mol. The minimum Gasteiger partial charge on any atom is -0.382 e. The van der Waals surface area contributed by atoms with Gasteiger partial charge < -0.3 is 18.7 Å². The van der Waals surface area contributed by atoms with Gasteiger partial charge in [-0.25, -0.2) is 0 Å². The highest BCUT2D eigenvalue weighted by molar-refractivity contribution is 6.58. The van der Waals surface area contributed by atoms with Crippen molar-refractivity contribution in [2.75, 3.05) is 66.8 Å². The van der Waals surface area contributed by atoms with Crippen LogP contribution in [0, 0.1) is 0 Å². The fraction of sp³-hybridized carbons (Fsp3) is 0.333. The van der Waals surface area contributed by atoms with Gasteiger partial charge >= 0.3 is 0 Å². The predicted molar refractivity (Wildman–Crippen MR) is 188 cm³/mol.